The van der Waals surface area contributed by atoms with Crippen molar-refractivity contribution < 1.29 is 19.1 Å². The van der Waals surface area contributed by atoms with E-state index in [1.54, 1.807) is 12.1 Å². The van der Waals surface area contributed by atoms with Gasteiger partial charge in [-0.05, 0) is 25.0 Å². The molecule has 18 heavy (non-hydrogen) atoms. The van der Waals surface area contributed by atoms with E-state index in [9.17, 15) is 9.90 Å². The number of aliphatic hydroxyl groups is 1. The highest BCUT2D eigenvalue weighted by molar-refractivity contribution is 5.86. The van der Waals surface area contributed by atoms with Crippen LogP contribution >= 0.6 is 0 Å². The van der Waals surface area contributed by atoms with Crippen LogP contribution in [0.2, 0.25) is 0 Å². The van der Waals surface area contributed by atoms with Crippen LogP contribution in [0.25, 0.3) is 0 Å². The molecule has 0 saturated carbocycles. The number of carbonyl (C=O) groups excluding carboxylic acids is 1. The third-order valence-corrected chi connectivity index (χ3v) is 2.84. The van der Waals surface area contributed by atoms with Crippen LogP contribution in [0.3, 0.4) is 0 Å². The minimum Gasteiger partial charge on any atom is -0.463 e. The number of esters is 1. The van der Waals surface area contributed by atoms with Crippen LogP contribution < -0.4 is 5.32 Å². The molecule has 0 aliphatic carbocycles. The zero-order valence-electron chi connectivity index (χ0n) is 11.3. The Morgan fingerprint density at radius 1 is 1.44 bits per heavy atom. The Labute approximate surface area is 107 Å². The van der Waals surface area contributed by atoms with E-state index in [1.807, 2.05) is 20.8 Å². The van der Waals surface area contributed by atoms with Gasteiger partial charge in [0.2, 0.25) is 5.76 Å². The van der Waals surface area contributed by atoms with Gasteiger partial charge in [0.15, 0.2) is 0 Å². The highest BCUT2D eigenvalue weighted by Gasteiger charge is 2.16. The fourth-order valence-electron chi connectivity index (χ4n) is 1.43. The molecular formula is C13H21NO4. The van der Waals surface area contributed by atoms with E-state index >= 15 is 0 Å². The van der Waals surface area contributed by atoms with Crippen molar-refractivity contribution in [3.8, 4) is 0 Å². The molecule has 0 aliphatic heterocycles. The smallest absolute Gasteiger partial charge is 0.373 e. The van der Waals surface area contributed by atoms with Crippen molar-refractivity contribution in [2.75, 3.05) is 13.7 Å². The molecule has 0 fully saturated rings. The Morgan fingerprint density at radius 2 is 2.11 bits per heavy atom. The summed E-state index contributed by atoms with van der Waals surface area (Å²) in [6.07, 6.45) is -0.400. The van der Waals surface area contributed by atoms with Crippen LogP contribution in [0.4, 0.5) is 0 Å². The zero-order chi connectivity index (χ0) is 13.7. The Bertz CT molecular complexity index is 386. The molecule has 2 N–H and O–H groups in total. The Kier molecular flexibility index (Phi) is 5.37. The second kappa shape index (κ2) is 6.56. The van der Waals surface area contributed by atoms with Gasteiger partial charge in [0.1, 0.15) is 5.76 Å². The third kappa shape index (κ3) is 3.85. The molecule has 0 radical (unpaired) electrons. The number of hydrogen-bond donors (Lipinski definition) is 2. The molecule has 1 aromatic rings. The zero-order valence-corrected chi connectivity index (χ0v) is 11.3. The van der Waals surface area contributed by atoms with Gasteiger partial charge < -0.3 is 19.6 Å². The number of furan rings is 1. The summed E-state index contributed by atoms with van der Waals surface area (Å²) in [5.41, 5.74) is 0. The number of hydrogen-bond acceptors (Lipinski definition) is 5. The van der Waals surface area contributed by atoms with E-state index in [-0.39, 0.29) is 17.7 Å². The molecule has 5 nitrogen and oxygen atoms in total. The normalized spacial score (nSPS) is 14.6. The Morgan fingerprint density at radius 3 is 2.67 bits per heavy atom. The molecule has 2 atom stereocenters. The van der Waals surface area contributed by atoms with Crippen LogP contribution in [0.1, 0.15) is 43.1 Å². The van der Waals surface area contributed by atoms with Crippen molar-refractivity contribution >= 4 is 5.97 Å². The van der Waals surface area contributed by atoms with Crippen molar-refractivity contribution in [3.05, 3.63) is 23.7 Å². The molecule has 0 bridgehead atoms. The van der Waals surface area contributed by atoms with Gasteiger partial charge in [-0.2, -0.15) is 0 Å². The van der Waals surface area contributed by atoms with Gasteiger partial charge in [-0.15, -0.1) is 0 Å². The number of ether oxygens (including phenoxy) is 1. The van der Waals surface area contributed by atoms with Gasteiger partial charge in [0, 0.05) is 6.54 Å². The molecule has 0 amide bonds. The topological polar surface area (TPSA) is 71.7 Å². The monoisotopic (exact) mass is 255 g/mol. The maximum absolute atomic E-state index is 11.2. The van der Waals surface area contributed by atoms with Gasteiger partial charge >= 0.3 is 5.97 Å². The molecular weight excluding hydrogens is 234 g/mol. The second-order valence-electron chi connectivity index (χ2n) is 4.63. The lowest BCUT2D eigenvalue weighted by Crippen LogP contribution is -2.32. The largest absolute Gasteiger partial charge is 0.463 e. The van der Waals surface area contributed by atoms with E-state index in [1.165, 1.54) is 7.11 Å². The minimum atomic E-state index is -0.490. The summed E-state index contributed by atoms with van der Waals surface area (Å²) in [4.78, 5) is 11.2. The van der Waals surface area contributed by atoms with Crippen LogP contribution in [0.5, 0.6) is 0 Å². The first-order valence-electron chi connectivity index (χ1n) is 6.05. The van der Waals surface area contributed by atoms with Crippen molar-refractivity contribution in [3.63, 3.8) is 0 Å². The summed E-state index contributed by atoms with van der Waals surface area (Å²) in [5, 5.41) is 12.8. The van der Waals surface area contributed by atoms with Crippen LogP contribution in [0, 0.1) is 5.92 Å². The molecule has 102 valence electrons. The van der Waals surface area contributed by atoms with Crippen LogP contribution in [-0.2, 0) is 4.74 Å². The fourth-order valence-corrected chi connectivity index (χ4v) is 1.43. The highest BCUT2D eigenvalue weighted by atomic mass is 16.5. The van der Waals surface area contributed by atoms with E-state index in [2.05, 4.69) is 10.1 Å². The minimum absolute atomic E-state index is 0.0724. The van der Waals surface area contributed by atoms with E-state index < -0.39 is 12.1 Å². The predicted octanol–water partition coefficient (Wildman–Crippen LogP) is 1.73. The summed E-state index contributed by atoms with van der Waals surface area (Å²) < 4.78 is 9.94. The summed E-state index contributed by atoms with van der Waals surface area (Å²) in [7, 11) is 1.31. The Balaban J connectivity index is 2.54. The fraction of sp³-hybridized carbons (Fsp3) is 0.615. The molecule has 0 saturated heterocycles. The lowest BCUT2D eigenvalue weighted by molar-refractivity contribution is 0.0561. The second-order valence-corrected chi connectivity index (χ2v) is 4.63. The quantitative estimate of drug-likeness (QED) is 0.757. The molecule has 1 aromatic heterocycles. The average molecular weight is 255 g/mol. The molecule has 2 unspecified atom stereocenters. The maximum Gasteiger partial charge on any atom is 0.373 e. The van der Waals surface area contributed by atoms with Crippen molar-refractivity contribution in [1.29, 1.82) is 0 Å². The number of methoxy groups -OCH3 is 1. The summed E-state index contributed by atoms with van der Waals surface area (Å²) in [6, 6.07) is 3.24. The SMILES string of the molecule is COC(=O)c1ccc(C(C)NCC(O)C(C)C)o1. The van der Waals surface area contributed by atoms with Gasteiger partial charge in [-0.25, -0.2) is 4.79 Å². The molecule has 0 aromatic carbocycles. The summed E-state index contributed by atoms with van der Waals surface area (Å²) in [6.45, 7) is 6.30. The van der Waals surface area contributed by atoms with Gasteiger partial charge in [0.25, 0.3) is 0 Å². The lowest BCUT2D eigenvalue weighted by atomic mass is 10.1. The van der Waals surface area contributed by atoms with Crippen molar-refractivity contribution in [2.45, 2.75) is 32.9 Å². The number of nitrogens with one attached hydrogen (secondary N) is 1. The van der Waals surface area contributed by atoms with E-state index in [4.69, 9.17) is 4.42 Å². The molecule has 0 aliphatic rings. The van der Waals surface area contributed by atoms with E-state index in [0.717, 1.165) is 0 Å². The number of aliphatic hydroxyl groups excluding tert-OH is 1. The standard InChI is InChI=1S/C13H21NO4/c1-8(2)10(15)7-14-9(3)11-5-6-12(18-11)13(16)17-4/h5-6,8-10,14-15H,7H2,1-4H3. The van der Waals surface area contributed by atoms with Crippen LogP contribution in [0.15, 0.2) is 16.5 Å². The molecule has 1 heterocycles. The first kappa shape index (κ1) is 14.7. The molecule has 1 rings (SSSR count). The van der Waals surface area contributed by atoms with Gasteiger partial charge in [-0.1, -0.05) is 13.8 Å². The predicted molar refractivity (Wildman–Crippen MR) is 67.3 cm³/mol. The first-order valence-corrected chi connectivity index (χ1v) is 6.05. The summed E-state index contributed by atoms with van der Waals surface area (Å²) in [5.74, 6) is 0.541. The van der Waals surface area contributed by atoms with Gasteiger partial charge in [0.05, 0.1) is 19.3 Å². The third-order valence-electron chi connectivity index (χ3n) is 2.84. The average Bonchev–Trinajstić information content (AvgIpc) is 2.83. The molecule has 5 heteroatoms. The highest BCUT2D eigenvalue weighted by Crippen LogP contribution is 2.17. The first-order chi connectivity index (χ1) is 8.45. The van der Waals surface area contributed by atoms with Gasteiger partial charge in [-0.3, -0.25) is 0 Å². The maximum atomic E-state index is 11.2. The number of carbonyl (C=O) groups is 1. The Hall–Kier alpha value is -1.33. The summed E-state index contributed by atoms with van der Waals surface area (Å²) >= 11 is 0. The molecule has 0 spiro atoms. The van der Waals surface area contributed by atoms with E-state index in [0.29, 0.717) is 12.3 Å². The van der Waals surface area contributed by atoms with Crippen molar-refractivity contribution in [1.82, 2.24) is 5.32 Å². The lowest BCUT2D eigenvalue weighted by Gasteiger charge is -2.18. The van der Waals surface area contributed by atoms with Crippen molar-refractivity contribution in [2.24, 2.45) is 5.92 Å². The van der Waals surface area contributed by atoms with Crippen LogP contribution in [-0.4, -0.2) is 30.8 Å². The number of rotatable bonds is 6.